The van der Waals surface area contributed by atoms with Crippen molar-refractivity contribution in [3.05, 3.63) is 98.4 Å². The van der Waals surface area contributed by atoms with Crippen LogP contribution in [0.4, 0.5) is 5.69 Å². The zero-order valence-electron chi connectivity index (χ0n) is 21.3. The minimum absolute atomic E-state index is 0.0358. The smallest absolute Gasteiger partial charge is 0.337 e. The van der Waals surface area contributed by atoms with Gasteiger partial charge in [0, 0.05) is 35.5 Å². The molecule has 3 atom stereocenters. The van der Waals surface area contributed by atoms with Gasteiger partial charge in [-0.25, -0.2) is 9.59 Å². The van der Waals surface area contributed by atoms with E-state index in [0.29, 0.717) is 23.5 Å². The molecular formula is C28H32N3O6+. The second-order valence-corrected chi connectivity index (χ2v) is 10.1. The van der Waals surface area contributed by atoms with Crippen molar-refractivity contribution in [2.24, 2.45) is 0 Å². The lowest BCUT2D eigenvalue weighted by Gasteiger charge is -2.41. The standard InChI is InChI=1S/C28H31N3O6/c1-18-24(27(32)33)26(21-11-7-12-22(15-21)30(35)36)25(19(2)29-18)28(34)37-23-13-8-14-31(3,17-23)16-20-9-5-4-6-10-20/h4-7,9-12,15,23,26H,8,13-14,16-17H2,1-3H3,(H-,29,32,33,34)/p+1/t23-,26-,31-/m0/s1. The molecule has 1 fully saturated rings. The van der Waals surface area contributed by atoms with Gasteiger partial charge in [-0.05, 0) is 25.8 Å². The van der Waals surface area contributed by atoms with Crippen LogP contribution in [-0.2, 0) is 20.9 Å². The number of esters is 1. The fourth-order valence-electron chi connectivity index (χ4n) is 5.55. The van der Waals surface area contributed by atoms with Crippen LogP contribution >= 0.6 is 0 Å². The molecule has 2 N–H and O–H groups in total. The van der Waals surface area contributed by atoms with Crippen molar-refractivity contribution in [2.45, 2.75) is 45.3 Å². The maximum Gasteiger partial charge on any atom is 0.337 e. The maximum absolute atomic E-state index is 13.6. The van der Waals surface area contributed by atoms with Gasteiger partial charge in [-0.15, -0.1) is 0 Å². The summed E-state index contributed by atoms with van der Waals surface area (Å²) in [4.78, 5) is 36.8. The molecule has 2 aromatic carbocycles. The molecule has 2 aromatic rings. The number of nitro groups is 1. The summed E-state index contributed by atoms with van der Waals surface area (Å²) in [5.74, 6) is -2.81. The van der Waals surface area contributed by atoms with E-state index in [9.17, 15) is 24.8 Å². The first-order chi connectivity index (χ1) is 17.6. The van der Waals surface area contributed by atoms with Crippen LogP contribution < -0.4 is 5.32 Å². The molecule has 0 unspecified atom stereocenters. The van der Waals surface area contributed by atoms with E-state index in [4.69, 9.17) is 4.74 Å². The van der Waals surface area contributed by atoms with Crippen LogP contribution in [0.3, 0.4) is 0 Å². The Labute approximate surface area is 215 Å². The predicted molar refractivity (Wildman–Crippen MR) is 137 cm³/mol. The van der Waals surface area contributed by atoms with E-state index in [1.165, 1.54) is 23.8 Å². The Hall–Kier alpha value is -3.98. The molecule has 4 rings (SSSR count). The third-order valence-corrected chi connectivity index (χ3v) is 7.17. The molecule has 2 aliphatic heterocycles. The zero-order chi connectivity index (χ0) is 26.7. The van der Waals surface area contributed by atoms with Gasteiger partial charge >= 0.3 is 11.9 Å². The molecule has 194 valence electrons. The van der Waals surface area contributed by atoms with Gasteiger partial charge in [0.05, 0.1) is 35.6 Å². The summed E-state index contributed by atoms with van der Waals surface area (Å²) < 4.78 is 6.75. The zero-order valence-corrected chi connectivity index (χ0v) is 21.3. The van der Waals surface area contributed by atoms with E-state index in [-0.39, 0.29) is 22.9 Å². The molecule has 0 amide bonds. The average Bonchev–Trinajstić information content (AvgIpc) is 2.83. The highest BCUT2D eigenvalue weighted by Crippen LogP contribution is 2.40. The van der Waals surface area contributed by atoms with Gasteiger partial charge < -0.3 is 19.6 Å². The van der Waals surface area contributed by atoms with Crippen LogP contribution in [0.2, 0.25) is 0 Å². The molecule has 2 heterocycles. The first-order valence-corrected chi connectivity index (χ1v) is 12.3. The topological polar surface area (TPSA) is 119 Å². The number of carbonyl (C=O) groups is 2. The number of ether oxygens (including phenoxy) is 1. The van der Waals surface area contributed by atoms with Gasteiger partial charge in [0.25, 0.3) is 5.69 Å². The van der Waals surface area contributed by atoms with Gasteiger partial charge in [0.2, 0.25) is 0 Å². The number of allylic oxidation sites excluding steroid dienone is 2. The van der Waals surface area contributed by atoms with Crippen LogP contribution in [0.5, 0.6) is 0 Å². The van der Waals surface area contributed by atoms with Gasteiger partial charge in [-0.2, -0.15) is 0 Å². The fraction of sp³-hybridized carbons (Fsp3) is 0.357. The number of piperidine rings is 1. The number of likely N-dealkylation sites (tertiary alicyclic amines) is 1. The number of nitrogens with one attached hydrogen (secondary N) is 1. The molecule has 0 saturated carbocycles. The van der Waals surface area contributed by atoms with Crippen LogP contribution in [0.1, 0.15) is 43.7 Å². The third kappa shape index (κ3) is 5.72. The Kier molecular flexibility index (Phi) is 7.45. The number of dihydropyridines is 1. The average molecular weight is 507 g/mol. The van der Waals surface area contributed by atoms with Crippen molar-refractivity contribution >= 4 is 17.6 Å². The van der Waals surface area contributed by atoms with Gasteiger partial charge in [-0.3, -0.25) is 10.1 Å². The van der Waals surface area contributed by atoms with E-state index in [0.717, 1.165) is 30.4 Å². The lowest BCUT2D eigenvalue weighted by atomic mass is 9.80. The van der Waals surface area contributed by atoms with E-state index < -0.39 is 22.8 Å². The maximum atomic E-state index is 13.6. The largest absolute Gasteiger partial charge is 0.478 e. The van der Waals surface area contributed by atoms with Crippen molar-refractivity contribution in [2.75, 3.05) is 20.1 Å². The molecule has 9 nitrogen and oxygen atoms in total. The van der Waals surface area contributed by atoms with Crippen molar-refractivity contribution in [3.63, 3.8) is 0 Å². The number of quaternary nitrogens is 1. The number of carboxylic acids is 1. The molecular weight excluding hydrogens is 474 g/mol. The number of carbonyl (C=O) groups excluding carboxylic acids is 1. The highest BCUT2D eigenvalue weighted by molar-refractivity contribution is 5.99. The molecule has 0 bridgehead atoms. The predicted octanol–water partition coefficient (Wildman–Crippen LogP) is 4.27. The van der Waals surface area contributed by atoms with Crippen LogP contribution in [0.15, 0.2) is 77.1 Å². The lowest BCUT2D eigenvalue weighted by Crippen LogP contribution is -2.53. The Morgan fingerprint density at radius 1 is 1.11 bits per heavy atom. The minimum Gasteiger partial charge on any atom is -0.478 e. The van der Waals surface area contributed by atoms with Crippen LogP contribution in [0.25, 0.3) is 0 Å². The Balaban J connectivity index is 1.62. The molecule has 37 heavy (non-hydrogen) atoms. The van der Waals surface area contributed by atoms with Crippen molar-refractivity contribution < 1.29 is 28.8 Å². The van der Waals surface area contributed by atoms with Crippen molar-refractivity contribution in [1.82, 2.24) is 5.32 Å². The van der Waals surface area contributed by atoms with Crippen molar-refractivity contribution in [1.29, 1.82) is 0 Å². The molecule has 2 aliphatic rings. The number of carboxylic acid groups (broad SMARTS) is 1. The third-order valence-electron chi connectivity index (χ3n) is 7.17. The summed E-state index contributed by atoms with van der Waals surface area (Å²) in [6.45, 7) is 5.74. The number of nitrogens with zero attached hydrogens (tertiary/aromatic N) is 2. The monoisotopic (exact) mass is 506 g/mol. The minimum atomic E-state index is -1.20. The number of rotatable bonds is 7. The highest BCUT2D eigenvalue weighted by atomic mass is 16.6. The molecule has 9 heteroatoms. The van der Waals surface area contributed by atoms with E-state index >= 15 is 0 Å². The molecule has 0 aliphatic carbocycles. The number of non-ortho nitro benzene ring substituents is 1. The first-order valence-electron chi connectivity index (χ1n) is 12.3. The highest BCUT2D eigenvalue weighted by Gasteiger charge is 2.40. The second-order valence-electron chi connectivity index (χ2n) is 10.1. The van der Waals surface area contributed by atoms with Crippen molar-refractivity contribution in [3.8, 4) is 0 Å². The fourth-order valence-corrected chi connectivity index (χ4v) is 5.55. The normalized spacial score (nSPS) is 23.9. The molecule has 0 radical (unpaired) electrons. The Morgan fingerprint density at radius 3 is 2.49 bits per heavy atom. The van der Waals surface area contributed by atoms with Gasteiger partial charge in [0.1, 0.15) is 13.1 Å². The first kappa shape index (κ1) is 26.1. The van der Waals surface area contributed by atoms with E-state index in [1.54, 1.807) is 19.9 Å². The second kappa shape index (κ2) is 10.6. The Morgan fingerprint density at radius 2 is 1.81 bits per heavy atom. The van der Waals surface area contributed by atoms with Crippen LogP contribution in [-0.4, -0.2) is 52.7 Å². The number of hydrogen-bond donors (Lipinski definition) is 2. The lowest BCUT2D eigenvalue weighted by molar-refractivity contribution is -0.929. The molecule has 1 saturated heterocycles. The number of nitro benzene ring substituents is 1. The Bertz CT molecular complexity index is 1290. The summed E-state index contributed by atoms with van der Waals surface area (Å²) in [6, 6.07) is 15.9. The van der Waals surface area contributed by atoms with Gasteiger partial charge in [0.15, 0.2) is 6.10 Å². The SMILES string of the molecule is CC1=C(C(=O)O)[C@H](c2cccc([N+](=O)[O-])c2)C(C(=O)O[C@H]2CCC[N@@+](C)(Cc3ccccc3)C2)=C(C)N1. The summed E-state index contributed by atoms with van der Waals surface area (Å²) >= 11 is 0. The summed E-state index contributed by atoms with van der Waals surface area (Å²) in [6.07, 6.45) is 1.28. The summed E-state index contributed by atoms with van der Waals surface area (Å²) in [7, 11) is 2.15. The number of hydrogen-bond acceptors (Lipinski definition) is 6. The molecule has 0 aromatic heterocycles. The number of likely N-dealkylation sites (N-methyl/N-ethyl adjacent to an activating group) is 1. The van der Waals surface area contributed by atoms with Gasteiger partial charge in [-0.1, -0.05) is 42.5 Å². The quantitative estimate of drug-likeness (QED) is 0.249. The van der Waals surface area contributed by atoms with Crippen LogP contribution in [0, 0.1) is 10.1 Å². The van der Waals surface area contributed by atoms with E-state index in [2.05, 4.69) is 24.5 Å². The summed E-state index contributed by atoms with van der Waals surface area (Å²) in [5, 5.41) is 24.4. The van der Waals surface area contributed by atoms with E-state index in [1.807, 2.05) is 18.2 Å². The number of benzene rings is 2. The summed E-state index contributed by atoms with van der Waals surface area (Å²) in [5.41, 5.74) is 2.36. The molecule has 0 spiro atoms. The number of aliphatic carboxylic acids is 1.